The van der Waals surface area contributed by atoms with Crippen LogP contribution in [-0.2, 0) is 0 Å². The largest absolute Gasteiger partial charge is 0.316 e. The van der Waals surface area contributed by atoms with Crippen molar-refractivity contribution in [3.8, 4) is 0 Å². The first-order valence-electron chi connectivity index (χ1n) is 4.11. The molecule has 1 aliphatic carbocycles. The third-order valence-electron chi connectivity index (χ3n) is 2.39. The molecule has 1 nitrogen and oxygen atoms in total. The number of halogens is 1. The van der Waals surface area contributed by atoms with E-state index in [1.807, 2.05) is 0 Å². The zero-order chi connectivity index (χ0) is 7.40. The lowest BCUT2D eigenvalue weighted by Gasteiger charge is -2.29. The molecule has 0 aliphatic heterocycles. The zero-order valence-electron chi connectivity index (χ0n) is 6.65. The third kappa shape index (κ3) is 2.26. The van der Waals surface area contributed by atoms with E-state index in [9.17, 15) is 0 Å². The smallest absolute Gasteiger partial charge is 0.198 e. The summed E-state index contributed by atoms with van der Waals surface area (Å²) in [6.45, 7) is 0. The average molecular weight is 178 g/mol. The minimum absolute atomic E-state index is 0.401. The molecule has 0 aromatic carbocycles. The summed E-state index contributed by atoms with van der Waals surface area (Å²) in [7, 11) is 1.77. The number of nitrogens with zero attached hydrogens (tertiary/aromatic N) is 1. The molecule has 10 heavy (non-hydrogen) atoms. The second-order valence-electron chi connectivity index (χ2n) is 3.17. The van der Waals surface area contributed by atoms with Crippen LogP contribution in [0.3, 0.4) is 0 Å². The lowest BCUT2D eigenvalue weighted by atomic mass is 9.96. The van der Waals surface area contributed by atoms with E-state index in [1.54, 1.807) is 0 Å². The molecule has 1 aliphatic rings. The molecular weight excluding hydrogens is 162 g/mol. The molecule has 3 heteroatoms. The summed E-state index contributed by atoms with van der Waals surface area (Å²) in [5.41, 5.74) is 0. The van der Waals surface area contributed by atoms with Gasteiger partial charge in [0.15, 0.2) is 8.99 Å². The van der Waals surface area contributed by atoms with E-state index < -0.39 is 8.99 Å². The van der Waals surface area contributed by atoms with Gasteiger partial charge in [-0.05, 0) is 19.9 Å². The summed E-state index contributed by atoms with van der Waals surface area (Å²) in [5, 5.41) is 0. The van der Waals surface area contributed by atoms with Gasteiger partial charge in [-0.15, -0.1) is 0 Å². The molecule has 0 atom stereocenters. The Morgan fingerprint density at radius 1 is 1.30 bits per heavy atom. The van der Waals surface area contributed by atoms with Gasteiger partial charge < -0.3 is 4.57 Å². The van der Waals surface area contributed by atoms with Crippen molar-refractivity contribution >= 4 is 20.1 Å². The Kier molecular flexibility index (Phi) is 3.74. The van der Waals surface area contributed by atoms with Gasteiger partial charge in [-0.2, -0.15) is 11.1 Å². The fraction of sp³-hybridized carbons (Fsp3) is 1.00. The van der Waals surface area contributed by atoms with Crippen LogP contribution in [0.1, 0.15) is 32.1 Å². The molecule has 1 fully saturated rings. The van der Waals surface area contributed by atoms with Crippen molar-refractivity contribution in [3.63, 3.8) is 0 Å². The first kappa shape index (κ1) is 8.56. The van der Waals surface area contributed by atoms with Gasteiger partial charge in [0.1, 0.15) is 0 Å². The molecule has 1 rings (SSSR count). The molecule has 1 saturated carbocycles. The molecular formula is C7H16ClNSi. The van der Waals surface area contributed by atoms with Crippen molar-refractivity contribution in [3.05, 3.63) is 0 Å². The van der Waals surface area contributed by atoms with Crippen LogP contribution in [0.25, 0.3) is 0 Å². The quantitative estimate of drug-likeness (QED) is 0.457. The van der Waals surface area contributed by atoms with Crippen LogP contribution in [0.2, 0.25) is 0 Å². The maximum atomic E-state index is 5.85. The minimum atomic E-state index is -0.401. The highest BCUT2D eigenvalue weighted by Gasteiger charge is 2.16. The number of hydrogen-bond acceptors (Lipinski definition) is 1. The van der Waals surface area contributed by atoms with Gasteiger partial charge in [0, 0.05) is 6.04 Å². The normalized spacial score (nSPS) is 23.1. The number of hydrogen-bond donors (Lipinski definition) is 0. The highest BCUT2D eigenvalue weighted by molar-refractivity contribution is 6.92. The topological polar surface area (TPSA) is 3.24 Å². The first-order valence-corrected chi connectivity index (χ1v) is 6.88. The Hall–Kier alpha value is 0.467. The van der Waals surface area contributed by atoms with E-state index in [-0.39, 0.29) is 0 Å². The van der Waals surface area contributed by atoms with Crippen LogP contribution < -0.4 is 0 Å². The standard InChI is InChI=1S/C7H16ClNSi/c1-9(10-8)7-5-3-2-4-6-7/h7H,2-6,10H2,1H3. The fourth-order valence-electron chi connectivity index (χ4n) is 1.62. The van der Waals surface area contributed by atoms with Crippen LogP contribution in [0.4, 0.5) is 0 Å². The van der Waals surface area contributed by atoms with Crippen molar-refractivity contribution in [1.29, 1.82) is 0 Å². The van der Waals surface area contributed by atoms with Gasteiger partial charge in [0.25, 0.3) is 0 Å². The highest BCUT2D eigenvalue weighted by Crippen LogP contribution is 2.20. The van der Waals surface area contributed by atoms with Crippen molar-refractivity contribution in [2.45, 2.75) is 38.1 Å². The monoisotopic (exact) mass is 177 g/mol. The van der Waals surface area contributed by atoms with E-state index in [2.05, 4.69) is 11.6 Å². The van der Waals surface area contributed by atoms with E-state index in [0.717, 1.165) is 6.04 Å². The molecule has 0 aromatic heterocycles. The van der Waals surface area contributed by atoms with E-state index in [4.69, 9.17) is 11.1 Å². The van der Waals surface area contributed by atoms with Crippen LogP contribution >= 0.6 is 11.1 Å². The maximum Gasteiger partial charge on any atom is 0.198 e. The van der Waals surface area contributed by atoms with Crippen LogP contribution in [0.5, 0.6) is 0 Å². The Morgan fingerprint density at radius 3 is 2.40 bits per heavy atom. The SMILES string of the molecule is CN([SiH2]Cl)C1CCCCC1. The summed E-state index contributed by atoms with van der Waals surface area (Å²) in [5.74, 6) is 0. The molecule has 0 unspecified atom stereocenters. The summed E-state index contributed by atoms with van der Waals surface area (Å²) in [6, 6.07) is 0.831. The zero-order valence-corrected chi connectivity index (χ0v) is 8.82. The highest BCUT2D eigenvalue weighted by atomic mass is 35.6. The van der Waals surface area contributed by atoms with Gasteiger partial charge >= 0.3 is 0 Å². The third-order valence-corrected chi connectivity index (χ3v) is 4.41. The summed E-state index contributed by atoms with van der Waals surface area (Å²) in [6.07, 6.45) is 7.04. The van der Waals surface area contributed by atoms with Gasteiger partial charge in [-0.25, -0.2) is 0 Å². The molecule has 0 saturated heterocycles. The van der Waals surface area contributed by atoms with E-state index in [0.29, 0.717) is 0 Å². The Morgan fingerprint density at radius 2 is 1.90 bits per heavy atom. The second-order valence-corrected chi connectivity index (χ2v) is 5.12. The van der Waals surface area contributed by atoms with Crippen molar-refractivity contribution in [2.24, 2.45) is 0 Å². The molecule has 0 radical (unpaired) electrons. The second kappa shape index (κ2) is 4.37. The van der Waals surface area contributed by atoms with Crippen LogP contribution in [0.15, 0.2) is 0 Å². The molecule has 0 spiro atoms. The summed E-state index contributed by atoms with van der Waals surface area (Å²) in [4.78, 5) is 0. The molecule has 0 aromatic rings. The Bertz CT molecular complexity index is 93.6. The van der Waals surface area contributed by atoms with Gasteiger partial charge in [-0.1, -0.05) is 19.3 Å². The van der Waals surface area contributed by atoms with E-state index in [1.165, 1.54) is 32.1 Å². The van der Waals surface area contributed by atoms with Crippen LogP contribution in [0, 0.1) is 0 Å². The Labute approximate surface area is 70.3 Å². The van der Waals surface area contributed by atoms with Gasteiger partial charge in [0.05, 0.1) is 0 Å². The Balaban J connectivity index is 2.24. The predicted octanol–water partition coefficient (Wildman–Crippen LogP) is 1.49. The molecule has 0 amide bonds. The molecule has 0 N–H and O–H groups in total. The maximum absolute atomic E-state index is 5.85. The predicted molar refractivity (Wildman–Crippen MR) is 49.0 cm³/mol. The van der Waals surface area contributed by atoms with Crippen molar-refractivity contribution < 1.29 is 0 Å². The fourth-order valence-corrected chi connectivity index (χ4v) is 2.77. The van der Waals surface area contributed by atoms with Gasteiger partial charge in [0.2, 0.25) is 0 Å². The summed E-state index contributed by atoms with van der Waals surface area (Å²) < 4.78 is 2.39. The molecule has 0 heterocycles. The van der Waals surface area contributed by atoms with Crippen molar-refractivity contribution in [1.82, 2.24) is 4.57 Å². The van der Waals surface area contributed by atoms with E-state index >= 15 is 0 Å². The van der Waals surface area contributed by atoms with Crippen molar-refractivity contribution in [2.75, 3.05) is 7.05 Å². The summed E-state index contributed by atoms with van der Waals surface area (Å²) >= 11 is 5.85. The first-order chi connectivity index (χ1) is 4.84. The molecule has 60 valence electrons. The molecule has 0 bridgehead atoms. The minimum Gasteiger partial charge on any atom is -0.316 e. The lowest BCUT2D eigenvalue weighted by molar-refractivity contribution is 0.294. The van der Waals surface area contributed by atoms with Gasteiger partial charge in [-0.3, -0.25) is 0 Å². The average Bonchev–Trinajstić information content (AvgIpc) is 2.05. The lowest BCUT2D eigenvalue weighted by Crippen LogP contribution is -2.34. The number of rotatable bonds is 2. The van der Waals surface area contributed by atoms with Crippen LogP contribution in [-0.4, -0.2) is 26.6 Å².